The zero-order valence-electron chi connectivity index (χ0n) is 19.5. The fourth-order valence-corrected chi connectivity index (χ4v) is 3.43. The van der Waals surface area contributed by atoms with Gasteiger partial charge in [-0.05, 0) is 55.5 Å². The van der Waals surface area contributed by atoms with Gasteiger partial charge in [-0.1, -0.05) is 47.0 Å². The fourth-order valence-electron chi connectivity index (χ4n) is 3.13. The number of nitrogens with two attached hydrogens (primary N) is 1. The maximum Gasteiger partial charge on any atom is 0.338 e. The van der Waals surface area contributed by atoms with Crippen LogP contribution in [0.3, 0.4) is 0 Å². The molecule has 3 aromatic carbocycles. The van der Waals surface area contributed by atoms with Crippen molar-refractivity contribution in [3.05, 3.63) is 93.7 Å². The minimum Gasteiger partial charge on any atom is -0.454 e. The van der Waals surface area contributed by atoms with Gasteiger partial charge >= 0.3 is 12.0 Å². The second-order valence-electron chi connectivity index (χ2n) is 7.79. The predicted octanol–water partition coefficient (Wildman–Crippen LogP) is 5.81. The quantitative estimate of drug-likeness (QED) is 0.216. The highest BCUT2D eigenvalue weighted by Crippen LogP contribution is 2.25. The number of amides is 2. The van der Waals surface area contributed by atoms with Crippen molar-refractivity contribution in [1.29, 1.82) is 0 Å². The van der Waals surface area contributed by atoms with E-state index in [4.69, 9.17) is 33.7 Å². The number of ether oxygens (including phenoxy) is 1. The van der Waals surface area contributed by atoms with Crippen molar-refractivity contribution >= 4 is 64.2 Å². The standard InChI is InChI=1S/C25H21Cl2N7O3/c1-14-5-7-16(8-6-14)29-24-33-21(32-23(28)34-24)13-37-22(35)15-3-2-4-17(11-15)30-25(36)31-18-9-10-19(26)20(27)12-18/h2-12H,13H2,1H3,(H2,30,31,36)(H3,28,29,32,33,34). The average Bonchev–Trinajstić information content (AvgIpc) is 2.86. The summed E-state index contributed by atoms with van der Waals surface area (Å²) in [7, 11) is 0. The molecule has 0 aliphatic carbocycles. The molecule has 10 nitrogen and oxygen atoms in total. The summed E-state index contributed by atoms with van der Waals surface area (Å²) in [5.74, 6) is -0.261. The number of urea groups is 1. The second kappa shape index (κ2) is 11.5. The Bertz CT molecular complexity index is 1450. The number of esters is 1. The normalized spacial score (nSPS) is 10.5. The molecule has 0 aliphatic heterocycles. The lowest BCUT2D eigenvalue weighted by atomic mass is 10.2. The lowest BCUT2D eigenvalue weighted by Crippen LogP contribution is -2.19. The van der Waals surface area contributed by atoms with E-state index in [1.807, 2.05) is 31.2 Å². The van der Waals surface area contributed by atoms with Gasteiger partial charge in [0, 0.05) is 17.1 Å². The van der Waals surface area contributed by atoms with Gasteiger partial charge in [-0.3, -0.25) is 0 Å². The van der Waals surface area contributed by atoms with Crippen molar-refractivity contribution in [2.75, 3.05) is 21.7 Å². The average molecular weight is 538 g/mol. The van der Waals surface area contributed by atoms with Crippen LogP contribution in [0.1, 0.15) is 21.7 Å². The fraction of sp³-hybridized carbons (Fsp3) is 0.0800. The Kier molecular flexibility index (Phi) is 8.02. The summed E-state index contributed by atoms with van der Waals surface area (Å²) < 4.78 is 5.34. The number of anilines is 5. The minimum absolute atomic E-state index is 0.0187. The number of carbonyl (C=O) groups excluding carboxylic acids is 2. The van der Waals surface area contributed by atoms with E-state index in [2.05, 4.69) is 30.9 Å². The van der Waals surface area contributed by atoms with Crippen molar-refractivity contribution < 1.29 is 14.3 Å². The van der Waals surface area contributed by atoms with Gasteiger partial charge in [-0.25, -0.2) is 9.59 Å². The first kappa shape index (κ1) is 25.7. The lowest BCUT2D eigenvalue weighted by molar-refractivity contribution is 0.0462. The summed E-state index contributed by atoms with van der Waals surface area (Å²) in [6.45, 7) is 1.75. The number of nitrogens with zero attached hydrogens (tertiary/aromatic N) is 3. The second-order valence-corrected chi connectivity index (χ2v) is 8.60. The molecule has 2 amide bonds. The molecule has 0 bridgehead atoms. The Hall–Kier alpha value is -4.41. The summed E-state index contributed by atoms with van der Waals surface area (Å²) in [6, 6.07) is 18.1. The highest BCUT2D eigenvalue weighted by molar-refractivity contribution is 6.42. The molecule has 0 aliphatic rings. The molecule has 0 fully saturated rings. The largest absolute Gasteiger partial charge is 0.454 e. The number of aryl methyl sites for hydroxylation is 1. The van der Waals surface area contributed by atoms with Gasteiger partial charge < -0.3 is 26.4 Å². The van der Waals surface area contributed by atoms with E-state index in [0.717, 1.165) is 11.3 Å². The molecule has 188 valence electrons. The Balaban J connectivity index is 1.36. The molecule has 0 radical (unpaired) electrons. The van der Waals surface area contributed by atoms with E-state index in [-0.39, 0.29) is 29.9 Å². The summed E-state index contributed by atoms with van der Waals surface area (Å²) in [5, 5.41) is 9.00. The predicted molar refractivity (Wildman–Crippen MR) is 143 cm³/mol. The maximum absolute atomic E-state index is 12.6. The summed E-state index contributed by atoms with van der Waals surface area (Å²) >= 11 is 11.9. The number of benzene rings is 3. The van der Waals surface area contributed by atoms with E-state index in [9.17, 15) is 9.59 Å². The first-order valence-corrected chi connectivity index (χ1v) is 11.6. The molecule has 12 heteroatoms. The molecule has 5 N–H and O–H groups in total. The molecule has 0 saturated heterocycles. The van der Waals surface area contributed by atoms with Crippen LogP contribution < -0.4 is 21.7 Å². The van der Waals surface area contributed by atoms with E-state index in [0.29, 0.717) is 21.4 Å². The third kappa shape index (κ3) is 7.29. The number of carbonyl (C=O) groups is 2. The lowest BCUT2D eigenvalue weighted by Gasteiger charge is -2.10. The molecule has 0 unspecified atom stereocenters. The smallest absolute Gasteiger partial charge is 0.338 e. The van der Waals surface area contributed by atoms with Crippen LogP contribution in [0, 0.1) is 6.92 Å². The monoisotopic (exact) mass is 537 g/mol. The first-order chi connectivity index (χ1) is 17.7. The van der Waals surface area contributed by atoms with Gasteiger partial charge in [0.15, 0.2) is 12.4 Å². The topological polar surface area (TPSA) is 144 Å². The van der Waals surface area contributed by atoms with Crippen LogP contribution >= 0.6 is 23.2 Å². The van der Waals surface area contributed by atoms with Gasteiger partial charge in [0.25, 0.3) is 0 Å². The molecule has 4 rings (SSSR count). The van der Waals surface area contributed by atoms with Crippen LogP contribution in [-0.2, 0) is 11.3 Å². The number of rotatable bonds is 7. The SMILES string of the molecule is Cc1ccc(Nc2nc(N)nc(COC(=O)c3cccc(NC(=O)Nc4ccc(Cl)c(Cl)c4)c3)n2)cc1. The minimum atomic E-state index is -0.638. The van der Waals surface area contributed by atoms with Gasteiger partial charge in [-0.15, -0.1) is 0 Å². The number of nitrogens with one attached hydrogen (secondary N) is 3. The van der Waals surface area contributed by atoms with Crippen molar-refractivity contribution in [2.45, 2.75) is 13.5 Å². The van der Waals surface area contributed by atoms with Gasteiger partial charge in [0.1, 0.15) is 0 Å². The van der Waals surface area contributed by atoms with Crippen molar-refractivity contribution in [3.8, 4) is 0 Å². The van der Waals surface area contributed by atoms with Crippen LogP contribution in [0.2, 0.25) is 10.0 Å². The maximum atomic E-state index is 12.6. The Labute approximate surface area is 222 Å². The number of nitrogen functional groups attached to an aromatic ring is 1. The summed E-state index contributed by atoms with van der Waals surface area (Å²) in [4.78, 5) is 37.3. The van der Waals surface area contributed by atoms with E-state index < -0.39 is 12.0 Å². The molecule has 0 saturated carbocycles. The number of hydrogen-bond acceptors (Lipinski definition) is 8. The van der Waals surface area contributed by atoms with E-state index in [1.165, 1.54) is 12.1 Å². The van der Waals surface area contributed by atoms with Crippen LogP contribution in [-0.4, -0.2) is 27.0 Å². The number of halogens is 2. The zero-order valence-corrected chi connectivity index (χ0v) is 21.0. The van der Waals surface area contributed by atoms with Crippen LogP contribution in [0.15, 0.2) is 66.7 Å². The molecule has 37 heavy (non-hydrogen) atoms. The zero-order chi connectivity index (χ0) is 26.4. The molecule has 4 aromatic rings. The third-order valence-corrected chi connectivity index (χ3v) is 5.61. The Morgan fingerprint density at radius 2 is 1.57 bits per heavy atom. The van der Waals surface area contributed by atoms with E-state index in [1.54, 1.807) is 30.3 Å². The number of hydrogen-bond donors (Lipinski definition) is 4. The van der Waals surface area contributed by atoms with E-state index >= 15 is 0 Å². The highest BCUT2D eigenvalue weighted by Gasteiger charge is 2.13. The Morgan fingerprint density at radius 1 is 0.865 bits per heavy atom. The van der Waals surface area contributed by atoms with Crippen molar-refractivity contribution in [3.63, 3.8) is 0 Å². The van der Waals surface area contributed by atoms with Gasteiger partial charge in [-0.2, -0.15) is 15.0 Å². The molecular formula is C25H21Cl2N7O3. The summed E-state index contributed by atoms with van der Waals surface area (Å²) in [6.07, 6.45) is 0. The highest BCUT2D eigenvalue weighted by atomic mass is 35.5. The first-order valence-electron chi connectivity index (χ1n) is 10.9. The van der Waals surface area contributed by atoms with Crippen LogP contribution in [0.5, 0.6) is 0 Å². The third-order valence-electron chi connectivity index (χ3n) is 4.87. The van der Waals surface area contributed by atoms with Crippen LogP contribution in [0.25, 0.3) is 0 Å². The Morgan fingerprint density at radius 3 is 2.30 bits per heavy atom. The molecular weight excluding hydrogens is 517 g/mol. The molecule has 1 heterocycles. The molecule has 0 atom stereocenters. The number of aromatic nitrogens is 3. The van der Waals surface area contributed by atoms with Crippen molar-refractivity contribution in [1.82, 2.24) is 15.0 Å². The molecule has 1 aromatic heterocycles. The van der Waals surface area contributed by atoms with Gasteiger partial charge in [0.05, 0.1) is 15.6 Å². The van der Waals surface area contributed by atoms with Crippen LogP contribution in [0.4, 0.5) is 33.8 Å². The summed E-state index contributed by atoms with van der Waals surface area (Å²) in [5.41, 5.74) is 8.71. The van der Waals surface area contributed by atoms with Gasteiger partial charge in [0.2, 0.25) is 11.9 Å². The van der Waals surface area contributed by atoms with Crippen molar-refractivity contribution in [2.24, 2.45) is 0 Å². The molecule has 0 spiro atoms.